The first-order valence-corrected chi connectivity index (χ1v) is 11.5. The van der Waals surface area contributed by atoms with Gasteiger partial charge in [0.1, 0.15) is 12.2 Å². The molecule has 0 unspecified atom stereocenters. The highest BCUT2D eigenvalue weighted by molar-refractivity contribution is 7.47. The number of phosphoric ester groups is 1. The van der Waals surface area contributed by atoms with Gasteiger partial charge in [-0.25, -0.2) is 4.57 Å². The van der Waals surface area contributed by atoms with Crippen LogP contribution in [-0.2, 0) is 13.6 Å². The molecular formula is C26H23O4P. The summed E-state index contributed by atoms with van der Waals surface area (Å²) >= 11 is 0. The third-order valence-electron chi connectivity index (χ3n) is 4.89. The zero-order valence-electron chi connectivity index (χ0n) is 16.8. The van der Waals surface area contributed by atoms with Gasteiger partial charge >= 0.3 is 7.82 Å². The lowest BCUT2D eigenvalue weighted by atomic mass is 10.0. The van der Waals surface area contributed by atoms with Crippen molar-refractivity contribution in [3.05, 3.63) is 144 Å². The molecular weight excluding hydrogens is 407 g/mol. The molecule has 0 aliphatic heterocycles. The van der Waals surface area contributed by atoms with Crippen LogP contribution in [0, 0.1) is 0 Å². The van der Waals surface area contributed by atoms with E-state index in [0.717, 1.165) is 22.3 Å². The molecule has 5 heteroatoms. The second-order valence-electron chi connectivity index (χ2n) is 7.08. The highest BCUT2D eigenvalue weighted by Crippen LogP contribution is 2.54. The van der Waals surface area contributed by atoms with Crippen molar-refractivity contribution < 1.29 is 18.5 Å². The first-order valence-electron chi connectivity index (χ1n) is 10.0. The van der Waals surface area contributed by atoms with Crippen LogP contribution >= 0.6 is 7.82 Å². The van der Waals surface area contributed by atoms with Crippen LogP contribution < -0.4 is 0 Å². The van der Waals surface area contributed by atoms with E-state index in [2.05, 4.69) is 0 Å². The second kappa shape index (κ2) is 9.86. The van der Waals surface area contributed by atoms with Gasteiger partial charge < -0.3 is 4.89 Å². The van der Waals surface area contributed by atoms with Gasteiger partial charge in [0.25, 0.3) is 0 Å². The van der Waals surface area contributed by atoms with Gasteiger partial charge in [-0.3, -0.25) is 9.05 Å². The highest BCUT2D eigenvalue weighted by atomic mass is 31.2. The van der Waals surface area contributed by atoms with Gasteiger partial charge in [0, 0.05) is 0 Å². The third-order valence-corrected chi connectivity index (χ3v) is 5.84. The van der Waals surface area contributed by atoms with Crippen LogP contribution in [0.1, 0.15) is 34.5 Å². The summed E-state index contributed by atoms with van der Waals surface area (Å²) in [5, 5.41) is 0. The largest absolute Gasteiger partial charge is 0.474 e. The molecule has 4 nitrogen and oxygen atoms in total. The van der Waals surface area contributed by atoms with Crippen molar-refractivity contribution >= 4 is 7.82 Å². The lowest BCUT2D eigenvalue weighted by Gasteiger charge is -2.25. The summed E-state index contributed by atoms with van der Waals surface area (Å²) in [4.78, 5) is 10.8. The van der Waals surface area contributed by atoms with Crippen LogP contribution in [0.4, 0.5) is 0 Å². The third kappa shape index (κ3) is 5.57. The van der Waals surface area contributed by atoms with E-state index in [4.69, 9.17) is 9.05 Å². The van der Waals surface area contributed by atoms with E-state index < -0.39 is 20.0 Å². The fourth-order valence-electron chi connectivity index (χ4n) is 3.43. The van der Waals surface area contributed by atoms with Crippen molar-refractivity contribution in [1.29, 1.82) is 0 Å². The lowest BCUT2D eigenvalue weighted by Crippen LogP contribution is -2.10. The average Bonchev–Trinajstić information content (AvgIpc) is 2.83. The van der Waals surface area contributed by atoms with Crippen LogP contribution in [0.25, 0.3) is 0 Å². The van der Waals surface area contributed by atoms with Gasteiger partial charge in [-0.15, -0.1) is 0 Å². The summed E-state index contributed by atoms with van der Waals surface area (Å²) in [6.07, 6.45) is -1.49. The molecule has 0 radical (unpaired) electrons. The Bertz CT molecular complexity index is 951. The molecule has 0 aliphatic rings. The van der Waals surface area contributed by atoms with Crippen LogP contribution in [0.3, 0.4) is 0 Å². The highest BCUT2D eigenvalue weighted by Gasteiger charge is 2.33. The molecule has 0 aromatic heterocycles. The fraction of sp³-hybridized carbons (Fsp3) is 0.0769. The maximum atomic E-state index is 13.2. The molecule has 0 saturated heterocycles. The molecule has 4 rings (SSSR count). The Kier molecular flexibility index (Phi) is 6.76. The molecule has 4 aromatic carbocycles. The predicted octanol–water partition coefficient (Wildman–Crippen LogP) is 6.70. The molecule has 0 spiro atoms. The Hall–Kier alpha value is -3.01. The molecule has 0 atom stereocenters. The molecule has 1 N–H and O–H groups in total. The molecule has 31 heavy (non-hydrogen) atoms. The van der Waals surface area contributed by atoms with Crippen molar-refractivity contribution in [1.82, 2.24) is 0 Å². The Labute approximate surface area is 182 Å². The maximum Gasteiger partial charge on any atom is 0.474 e. The number of phosphoric acid groups is 1. The Morgan fingerprint density at radius 2 is 0.710 bits per heavy atom. The zero-order valence-corrected chi connectivity index (χ0v) is 17.7. The van der Waals surface area contributed by atoms with Gasteiger partial charge in [0.15, 0.2) is 0 Å². The first-order chi connectivity index (χ1) is 15.1. The van der Waals surface area contributed by atoms with Gasteiger partial charge in [-0.05, 0) is 22.3 Å². The summed E-state index contributed by atoms with van der Waals surface area (Å²) in [6, 6.07) is 37.4. The second-order valence-corrected chi connectivity index (χ2v) is 8.44. The fourth-order valence-corrected chi connectivity index (χ4v) is 4.50. The quantitative estimate of drug-likeness (QED) is 0.316. The molecule has 0 bridgehead atoms. The summed E-state index contributed by atoms with van der Waals surface area (Å²) in [7, 11) is -4.47. The van der Waals surface area contributed by atoms with Crippen LogP contribution in [0.15, 0.2) is 121 Å². The van der Waals surface area contributed by atoms with Gasteiger partial charge in [-0.2, -0.15) is 0 Å². The van der Waals surface area contributed by atoms with Gasteiger partial charge in [0.05, 0.1) is 0 Å². The molecule has 0 aliphatic carbocycles. The molecule has 0 saturated carbocycles. The zero-order chi connectivity index (χ0) is 21.5. The minimum atomic E-state index is -4.47. The maximum absolute atomic E-state index is 13.2. The van der Waals surface area contributed by atoms with Gasteiger partial charge in [0.2, 0.25) is 0 Å². The van der Waals surface area contributed by atoms with E-state index in [-0.39, 0.29) is 0 Å². The topological polar surface area (TPSA) is 55.8 Å². The van der Waals surface area contributed by atoms with E-state index in [1.54, 1.807) is 0 Å². The van der Waals surface area contributed by atoms with Crippen molar-refractivity contribution in [2.45, 2.75) is 12.2 Å². The minimum Gasteiger partial charge on any atom is -0.302 e. The number of benzene rings is 4. The molecule has 156 valence electrons. The summed E-state index contributed by atoms with van der Waals surface area (Å²) in [5.41, 5.74) is 3.06. The predicted molar refractivity (Wildman–Crippen MR) is 121 cm³/mol. The van der Waals surface area contributed by atoms with E-state index in [0.29, 0.717) is 0 Å². The van der Waals surface area contributed by atoms with Crippen LogP contribution in [0.5, 0.6) is 0 Å². The first kappa shape index (κ1) is 21.2. The minimum absolute atomic E-state index is 0.745. The van der Waals surface area contributed by atoms with E-state index in [1.807, 2.05) is 121 Å². The summed E-state index contributed by atoms with van der Waals surface area (Å²) in [5.74, 6) is 0. The lowest BCUT2D eigenvalue weighted by molar-refractivity contribution is 0.0994. The molecule has 0 fully saturated rings. The van der Waals surface area contributed by atoms with Crippen LogP contribution in [0.2, 0.25) is 0 Å². The van der Waals surface area contributed by atoms with E-state index in [9.17, 15) is 9.46 Å². The average molecular weight is 430 g/mol. The normalized spacial score (nSPS) is 11.7. The van der Waals surface area contributed by atoms with E-state index in [1.165, 1.54) is 0 Å². The standard InChI is InChI=1S/C26H23O4P/c27-31(28,29-25(21-13-5-1-6-14-21)22-15-7-2-8-16-22)30-26(23-17-9-3-10-18-23)24-19-11-4-12-20-24/h1-20,25-26H,(H,27,28). The monoisotopic (exact) mass is 430 g/mol. The van der Waals surface area contributed by atoms with Crippen LogP contribution in [-0.4, -0.2) is 4.89 Å². The number of rotatable bonds is 8. The molecule has 0 amide bonds. The van der Waals surface area contributed by atoms with Crippen molar-refractivity contribution in [2.24, 2.45) is 0 Å². The van der Waals surface area contributed by atoms with E-state index >= 15 is 0 Å². The summed E-state index contributed by atoms with van der Waals surface area (Å²) < 4.78 is 24.8. The number of hydrogen-bond donors (Lipinski definition) is 1. The van der Waals surface area contributed by atoms with Crippen molar-refractivity contribution in [3.63, 3.8) is 0 Å². The van der Waals surface area contributed by atoms with Gasteiger partial charge in [-0.1, -0.05) is 121 Å². The molecule has 4 aromatic rings. The Balaban J connectivity index is 1.66. The number of hydrogen-bond acceptors (Lipinski definition) is 3. The van der Waals surface area contributed by atoms with Crippen molar-refractivity contribution in [2.75, 3.05) is 0 Å². The van der Waals surface area contributed by atoms with Crippen molar-refractivity contribution in [3.8, 4) is 0 Å². The smallest absolute Gasteiger partial charge is 0.302 e. The molecule has 0 heterocycles. The SMILES string of the molecule is O=P(O)(OC(c1ccccc1)c1ccccc1)OC(c1ccccc1)c1ccccc1. The Morgan fingerprint density at radius 3 is 0.935 bits per heavy atom. The Morgan fingerprint density at radius 1 is 0.484 bits per heavy atom. The summed E-state index contributed by atoms with van der Waals surface area (Å²) in [6.45, 7) is 0.